The third-order valence-corrected chi connectivity index (χ3v) is 8.60. The number of aromatic nitrogens is 1. The molecule has 34 heavy (non-hydrogen) atoms. The van der Waals surface area contributed by atoms with Gasteiger partial charge < -0.3 is 14.9 Å². The molecule has 2 N–H and O–H groups in total. The van der Waals surface area contributed by atoms with Crippen molar-refractivity contribution >= 4 is 46.7 Å². The van der Waals surface area contributed by atoms with Crippen molar-refractivity contribution in [1.82, 2.24) is 10.3 Å². The number of benzene rings is 1. The van der Waals surface area contributed by atoms with Gasteiger partial charge in [-0.25, -0.2) is 9.37 Å². The molecule has 3 aliphatic rings. The molecular weight excluding hydrogens is 497 g/mol. The van der Waals surface area contributed by atoms with Crippen molar-refractivity contribution in [3.05, 3.63) is 46.1 Å². The molecule has 186 valence electrons. The van der Waals surface area contributed by atoms with Crippen LogP contribution in [0.5, 0.6) is 0 Å². The second-order valence-electron chi connectivity index (χ2n) is 9.75. The Labute approximate surface area is 215 Å². The third kappa shape index (κ3) is 6.28. The van der Waals surface area contributed by atoms with Crippen molar-refractivity contribution < 1.29 is 8.78 Å². The van der Waals surface area contributed by atoms with Crippen LogP contribution in [0.25, 0.3) is 0 Å². The molecule has 1 aromatic carbocycles. The molecule has 2 saturated heterocycles. The molecule has 1 saturated carbocycles. The molecule has 0 amide bonds. The van der Waals surface area contributed by atoms with Crippen LogP contribution < -0.4 is 14.9 Å². The number of hydrogen-bond donors (Lipinski definition) is 2. The second kappa shape index (κ2) is 11.6. The summed E-state index contributed by atoms with van der Waals surface area (Å²) in [4.78, 5) is 5.96. The van der Waals surface area contributed by atoms with Gasteiger partial charge in [0.25, 0.3) is 0 Å². The molecule has 9 heteroatoms. The Morgan fingerprint density at radius 3 is 2.53 bits per heavy atom. The lowest BCUT2D eigenvalue weighted by Crippen LogP contribution is -2.57. The molecular formula is C25H32Cl2F2N4S. The quantitative estimate of drug-likeness (QED) is 0.243. The van der Waals surface area contributed by atoms with E-state index in [1.54, 1.807) is 12.1 Å². The summed E-state index contributed by atoms with van der Waals surface area (Å²) in [6.45, 7) is 6.58. The van der Waals surface area contributed by atoms with Gasteiger partial charge in [-0.1, -0.05) is 55.5 Å². The topological polar surface area (TPSA) is 40.2 Å². The highest BCUT2D eigenvalue weighted by molar-refractivity contribution is 8.00. The SMILES string of the molecule is CC1CCCNC1.Fc1cccc(NSc2c(Cl)cc(N3CC4(CCCCC4)C3)c(Cl)c2F)n1. The molecule has 0 radical (unpaired) electrons. The fourth-order valence-electron chi connectivity index (χ4n) is 5.04. The average molecular weight is 530 g/mol. The standard InChI is InChI=1S/C19H19Cl2F2N3S.C6H13N/c20-12-9-13(26-10-19(11-26)7-2-1-3-8-19)16(21)17(23)18(12)27-25-15-6-4-5-14(22)24-15;1-6-3-2-4-7-5-6/h4-6,9H,1-3,7-8,10-11H2,(H,24,25);6-7H,2-5H2,1H3. The van der Waals surface area contributed by atoms with Crippen LogP contribution in [-0.4, -0.2) is 31.2 Å². The zero-order valence-electron chi connectivity index (χ0n) is 19.5. The van der Waals surface area contributed by atoms with E-state index in [0.717, 1.165) is 31.0 Å². The normalized spacial score (nSPS) is 21.4. The Balaban J connectivity index is 0.000000336. The van der Waals surface area contributed by atoms with Crippen molar-refractivity contribution in [2.24, 2.45) is 11.3 Å². The van der Waals surface area contributed by atoms with Gasteiger partial charge in [-0.2, -0.15) is 4.39 Å². The van der Waals surface area contributed by atoms with Crippen LogP contribution in [0.3, 0.4) is 0 Å². The maximum absolute atomic E-state index is 14.9. The molecule has 3 fully saturated rings. The van der Waals surface area contributed by atoms with Gasteiger partial charge in [-0.15, -0.1) is 0 Å². The van der Waals surface area contributed by atoms with Gasteiger partial charge in [0.05, 0.1) is 15.6 Å². The van der Waals surface area contributed by atoms with Gasteiger partial charge in [0.15, 0.2) is 5.82 Å². The minimum atomic E-state index is -0.616. The number of nitrogens with zero attached hydrogens (tertiary/aromatic N) is 2. The largest absolute Gasteiger partial charge is 0.369 e. The van der Waals surface area contributed by atoms with E-state index in [9.17, 15) is 8.78 Å². The Morgan fingerprint density at radius 1 is 1.15 bits per heavy atom. The van der Waals surface area contributed by atoms with Crippen LogP contribution in [0.15, 0.2) is 29.2 Å². The van der Waals surface area contributed by atoms with E-state index in [2.05, 4.69) is 26.8 Å². The molecule has 5 rings (SSSR count). The lowest BCUT2D eigenvalue weighted by Gasteiger charge is -2.53. The number of halogens is 4. The van der Waals surface area contributed by atoms with Crippen LogP contribution in [-0.2, 0) is 0 Å². The summed E-state index contributed by atoms with van der Waals surface area (Å²) >= 11 is 13.6. The van der Waals surface area contributed by atoms with Gasteiger partial charge in [0.1, 0.15) is 10.8 Å². The van der Waals surface area contributed by atoms with Crippen molar-refractivity contribution in [1.29, 1.82) is 0 Å². The number of rotatable bonds is 4. The van der Waals surface area contributed by atoms with E-state index in [4.69, 9.17) is 23.2 Å². The first-order valence-electron chi connectivity index (χ1n) is 12.1. The van der Waals surface area contributed by atoms with E-state index in [1.165, 1.54) is 70.2 Å². The zero-order valence-corrected chi connectivity index (χ0v) is 21.8. The molecule has 4 nitrogen and oxygen atoms in total. The van der Waals surface area contributed by atoms with Gasteiger partial charge in [-0.3, -0.25) is 0 Å². The summed E-state index contributed by atoms with van der Waals surface area (Å²) in [7, 11) is 0. The summed E-state index contributed by atoms with van der Waals surface area (Å²) in [6.07, 6.45) is 9.11. The molecule has 0 bridgehead atoms. The Kier molecular flexibility index (Phi) is 8.83. The summed E-state index contributed by atoms with van der Waals surface area (Å²) in [6, 6.07) is 6.05. The number of pyridine rings is 1. The van der Waals surface area contributed by atoms with Crippen molar-refractivity contribution in [2.45, 2.75) is 56.8 Å². The van der Waals surface area contributed by atoms with E-state index in [-0.39, 0.29) is 20.8 Å². The first-order chi connectivity index (χ1) is 16.4. The fourth-order valence-corrected chi connectivity index (χ4v) is 6.33. The monoisotopic (exact) mass is 528 g/mol. The van der Waals surface area contributed by atoms with Crippen molar-refractivity contribution in [3.63, 3.8) is 0 Å². The van der Waals surface area contributed by atoms with Gasteiger partial charge in [0.2, 0.25) is 5.95 Å². The minimum Gasteiger partial charge on any atom is -0.369 e. The fraction of sp³-hybridized carbons (Fsp3) is 0.560. The lowest BCUT2D eigenvalue weighted by molar-refractivity contribution is 0.139. The number of nitrogens with one attached hydrogen (secondary N) is 2. The van der Waals surface area contributed by atoms with Gasteiger partial charge in [-0.05, 0) is 74.8 Å². The summed E-state index contributed by atoms with van der Waals surface area (Å²) < 4.78 is 30.8. The lowest BCUT2D eigenvalue weighted by atomic mass is 9.68. The van der Waals surface area contributed by atoms with Crippen molar-refractivity contribution in [3.8, 4) is 0 Å². The van der Waals surface area contributed by atoms with Crippen LogP contribution in [0, 0.1) is 23.1 Å². The first-order valence-corrected chi connectivity index (χ1v) is 13.6. The zero-order chi connectivity index (χ0) is 24.1. The smallest absolute Gasteiger partial charge is 0.214 e. The molecule has 1 aliphatic carbocycles. The Hall–Kier alpha value is -1.28. The van der Waals surface area contributed by atoms with E-state index in [0.29, 0.717) is 11.1 Å². The summed E-state index contributed by atoms with van der Waals surface area (Å²) in [5, 5.41) is 3.67. The highest BCUT2D eigenvalue weighted by Crippen LogP contribution is 2.49. The van der Waals surface area contributed by atoms with Crippen LogP contribution in [0.1, 0.15) is 51.9 Å². The van der Waals surface area contributed by atoms with E-state index in [1.807, 2.05) is 0 Å². The number of hydrogen-bond acceptors (Lipinski definition) is 5. The van der Waals surface area contributed by atoms with E-state index >= 15 is 0 Å². The Bertz CT molecular complexity index is 974. The van der Waals surface area contributed by atoms with Crippen molar-refractivity contribution in [2.75, 3.05) is 35.8 Å². The Morgan fingerprint density at radius 2 is 1.91 bits per heavy atom. The molecule has 2 aliphatic heterocycles. The van der Waals surface area contributed by atoms with Crippen LogP contribution in [0.4, 0.5) is 20.3 Å². The molecule has 1 aromatic heterocycles. The highest BCUT2D eigenvalue weighted by atomic mass is 35.5. The predicted octanol–water partition coefficient (Wildman–Crippen LogP) is 7.56. The second-order valence-corrected chi connectivity index (χ2v) is 11.4. The summed E-state index contributed by atoms with van der Waals surface area (Å²) in [5.41, 5.74) is 1.01. The molecule has 2 aromatic rings. The highest BCUT2D eigenvalue weighted by Gasteiger charge is 2.44. The maximum Gasteiger partial charge on any atom is 0.214 e. The first kappa shape index (κ1) is 25.8. The molecule has 1 spiro atoms. The maximum atomic E-state index is 14.9. The average Bonchev–Trinajstić information content (AvgIpc) is 2.81. The number of piperidine rings is 1. The van der Waals surface area contributed by atoms with Gasteiger partial charge in [0, 0.05) is 18.5 Å². The minimum absolute atomic E-state index is 0.0709. The molecule has 3 heterocycles. The third-order valence-electron chi connectivity index (χ3n) is 6.92. The predicted molar refractivity (Wildman–Crippen MR) is 139 cm³/mol. The van der Waals surface area contributed by atoms with Crippen LogP contribution >= 0.6 is 35.1 Å². The molecule has 1 unspecified atom stereocenters. The number of anilines is 2. The van der Waals surface area contributed by atoms with E-state index < -0.39 is 11.8 Å². The summed E-state index contributed by atoms with van der Waals surface area (Å²) in [5.74, 6) is 0.0130. The van der Waals surface area contributed by atoms with Gasteiger partial charge >= 0.3 is 0 Å². The van der Waals surface area contributed by atoms with Crippen LogP contribution in [0.2, 0.25) is 10.0 Å². The molecule has 1 atom stereocenters.